The van der Waals surface area contributed by atoms with E-state index in [9.17, 15) is 4.79 Å². The molecule has 1 rings (SSSR count). The minimum atomic E-state index is 0.441. The molecule has 0 aliphatic carbocycles. The zero-order valence-corrected chi connectivity index (χ0v) is 9.02. The third kappa shape index (κ3) is 2.58. The maximum atomic E-state index is 10.6. The second kappa shape index (κ2) is 5.06. The maximum absolute atomic E-state index is 10.6. The van der Waals surface area contributed by atoms with Gasteiger partial charge in [0, 0.05) is 11.1 Å². The van der Waals surface area contributed by atoms with Gasteiger partial charge in [-0.2, -0.15) is 0 Å². The Morgan fingerprint density at radius 2 is 2.31 bits per heavy atom. The molecule has 0 aliphatic rings. The summed E-state index contributed by atoms with van der Waals surface area (Å²) in [5.74, 6) is 5.66. The number of rotatable bonds is 1. The first kappa shape index (κ1) is 10.3. The van der Waals surface area contributed by atoms with Crippen molar-refractivity contribution in [1.29, 1.82) is 0 Å². The van der Waals surface area contributed by atoms with Gasteiger partial charge in [0.25, 0.3) is 0 Å². The van der Waals surface area contributed by atoms with Crippen molar-refractivity contribution in [3.05, 3.63) is 34.3 Å². The lowest BCUT2D eigenvalue weighted by Gasteiger charge is -1.97. The summed E-state index contributed by atoms with van der Waals surface area (Å²) >= 11 is 8.97. The highest BCUT2D eigenvalue weighted by Gasteiger charge is 2.02. The van der Waals surface area contributed by atoms with Crippen LogP contribution in [-0.4, -0.2) is 11.6 Å². The van der Waals surface area contributed by atoms with Gasteiger partial charge in [-0.05, 0) is 12.1 Å². The summed E-state index contributed by atoms with van der Waals surface area (Å²) in [6, 6.07) is 5.21. The molecule has 0 N–H and O–H groups in total. The molecule has 0 unspecified atom stereocenters. The SMILES string of the molecule is O=Cc1c(Cl)cccc1C#CCBr. The summed E-state index contributed by atoms with van der Waals surface area (Å²) in [5.41, 5.74) is 1.12. The smallest absolute Gasteiger partial charge is 0.152 e. The van der Waals surface area contributed by atoms with Crippen molar-refractivity contribution >= 4 is 33.8 Å². The summed E-state index contributed by atoms with van der Waals surface area (Å²) in [7, 11) is 0. The van der Waals surface area contributed by atoms with Crippen LogP contribution in [0.15, 0.2) is 18.2 Å². The van der Waals surface area contributed by atoms with Crippen molar-refractivity contribution in [2.45, 2.75) is 0 Å². The van der Waals surface area contributed by atoms with E-state index in [1.807, 2.05) is 0 Å². The molecule has 0 radical (unpaired) electrons. The molecule has 0 amide bonds. The van der Waals surface area contributed by atoms with Gasteiger partial charge in [-0.15, -0.1) is 0 Å². The number of carbonyl (C=O) groups excluding carboxylic acids is 1. The van der Waals surface area contributed by atoms with Crippen molar-refractivity contribution in [3.8, 4) is 11.8 Å². The fourth-order valence-corrected chi connectivity index (χ4v) is 1.25. The Hall–Kier alpha value is -0.780. The molecule has 1 nitrogen and oxygen atoms in total. The van der Waals surface area contributed by atoms with Crippen LogP contribution in [0, 0.1) is 11.8 Å². The van der Waals surface area contributed by atoms with E-state index < -0.39 is 0 Å². The highest BCUT2D eigenvalue weighted by Crippen LogP contribution is 2.16. The number of halogens is 2. The summed E-state index contributed by atoms with van der Waals surface area (Å²) in [6.07, 6.45) is 0.723. The fourth-order valence-electron chi connectivity index (χ4n) is 0.894. The van der Waals surface area contributed by atoms with E-state index in [0.29, 0.717) is 21.5 Å². The molecule has 0 fully saturated rings. The lowest BCUT2D eigenvalue weighted by atomic mass is 10.1. The van der Waals surface area contributed by atoms with Crippen LogP contribution in [0.2, 0.25) is 5.02 Å². The topological polar surface area (TPSA) is 17.1 Å². The Balaban J connectivity index is 3.20. The standard InChI is InChI=1S/C10H6BrClO/c11-6-2-4-8-3-1-5-10(12)9(8)7-13/h1,3,5,7H,6H2. The van der Waals surface area contributed by atoms with Crippen molar-refractivity contribution in [3.63, 3.8) is 0 Å². The van der Waals surface area contributed by atoms with Gasteiger partial charge in [-0.1, -0.05) is 45.4 Å². The lowest BCUT2D eigenvalue weighted by Crippen LogP contribution is -1.88. The van der Waals surface area contributed by atoms with Gasteiger partial charge in [0.15, 0.2) is 6.29 Å². The molecular formula is C10H6BrClO. The Labute approximate surface area is 90.2 Å². The van der Waals surface area contributed by atoms with Gasteiger partial charge in [0.1, 0.15) is 0 Å². The molecule has 0 saturated carbocycles. The Morgan fingerprint density at radius 3 is 2.92 bits per heavy atom. The molecule has 0 atom stereocenters. The molecule has 0 aromatic heterocycles. The van der Waals surface area contributed by atoms with Crippen molar-refractivity contribution in [1.82, 2.24) is 0 Å². The van der Waals surface area contributed by atoms with Crippen molar-refractivity contribution in [2.75, 3.05) is 5.33 Å². The van der Waals surface area contributed by atoms with Gasteiger partial charge in [-0.3, -0.25) is 4.79 Å². The van der Waals surface area contributed by atoms with Crippen LogP contribution in [0.25, 0.3) is 0 Å². The predicted octanol–water partition coefficient (Wildman–Crippen LogP) is 2.90. The summed E-state index contributed by atoms with van der Waals surface area (Å²) in [4.78, 5) is 10.6. The van der Waals surface area contributed by atoms with Crippen LogP contribution in [0.5, 0.6) is 0 Å². The van der Waals surface area contributed by atoms with Gasteiger partial charge in [0.05, 0.1) is 10.4 Å². The number of carbonyl (C=O) groups is 1. The van der Waals surface area contributed by atoms with Crippen LogP contribution < -0.4 is 0 Å². The predicted molar refractivity (Wildman–Crippen MR) is 57.5 cm³/mol. The fraction of sp³-hybridized carbons (Fsp3) is 0.100. The van der Waals surface area contributed by atoms with Crippen molar-refractivity contribution in [2.24, 2.45) is 0 Å². The van der Waals surface area contributed by atoms with Crippen LogP contribution in [-0.2, 0) is 0 Å². The number of alkyl halides is 1. The normalized spacial score (nSPS) is 8.77. The summed E-state index contributed by atoms with van der Waals surface area (Å²) < 4.78 is 0. The number of hydrogen-bond donors (Lipinski definition) is 0. The third-order valence-corrected chi connectivity index (χ3v) is 2.07. The summed E-state index contributed by atoms with van der Waals surface area (Å²) in [5, 5.41) is 1.02. The number of hydrogen-bond acceptors (Lipinski definition) is 1. The second-order valence-corrected chi connectivity index (χ2v) is 3.22. The first-order chi connectivity index (χ1) is 6.29. The Morgan fingerprint density at radius 1 is 1.54 bits per heavy atom. The van der Waals surface area contributed by atoms with Gasteiger partial charge in [0.2, 0.25) is 0 Å². The van der Waals surface area contributed by atoms with Crippen LogP contribution in [0.3, 0.4) is 0 Å². The first-order valence-electron chi connectivity index (χ1n) is 3.58. The Kier molecular flexibility index (Phi) is 4.01. The van der Waals surface area contributed by atoms with Crippen LogP contribution in [0.4, 0.5) is 0 Å². The van der Waals surface area contributed by atoms with Crippen LogP contribution in [0.1, 0.15) is 15.9 Å². The highest BCUT2D eigenvalue weighted by molar-refractivity contribution is 9.09. The Bertz CT molecular complexity index is 376. The van der Waals surface area contributed by atoms with E-state index in [1.165, 1.54) is 0 Å². The minimum absolute atomic E-state index is 0.441. The molecule has 1 aromatic rings. The maximum Gasteiger partial charge on any atom is 0.152 e. The molecule has 0 heterocycles. The quantitative estimate of drug-likeness (QED) is 0.429. The summed E-state index contributed by atoms with van der Waals surface area (Å²) in [6.45, 7) is 0. The zero-order valence-electron chi connectivity index (χ0n) is 6.68. The van der Waals surface area contributed by atoms with E-state index in [1.54, 1.807) is 18.2 Å². The number of aldehydes is 1. The minimum Gasteiger partial charge on any atom is -0.298 e. The molecule has 0 saturated heterocycles. The monoisotopic (exact) mass is 256 g/mol. The van der Waals surface area contributed by atoms with E-state index in [2.05, 4.69) is 27.8 Å². The van der Waals surface area contributed by atoms with Crippen molar-refractivity contribution < 1.29 is 4.79 Å². The number of benzene rings is 1. The molecule has 0 spiro atoms. The van der Waals surface area contributed by atoms with Gasteiger partial charge >= 0.3 is 0 Å². The molecule has 0 bridgehead atoms. The zero-order chi connectivity index (χ0) is 9.68. The lowest BCUT2D eigenvalue weighted by molar-refractivity contribution is 0.112. The molecular weight excluding hydrogens is 251 g/mol. The van der Waals surface area contributed by atoms with E-state index in [0.717, 1.165) is 6.29 Å². The van der Waals surface area contributed by atoms with Gasteiger partial charge < -0.3 is 0 Å². The largest absolute Gasteiger partial charge is 0.298 e. The molecule has 1 aromatic carbocycles. The first-order valence-corrected chi connectivity index (χ1v) is 5.08. The third-order valence-electron chi connectivity index (χ3n) is 1.46. The molecule has 13 heavy (non-hydrogen) atoms. The average molecular weight is 258 g/mol. The van der Waals surface area contributed by atoms with Gasteiger partial charge in [-0.25, -0.2) is 0 Å². The molecule has 0 aliphatic heterocycles. The molecule has 66 valence electrons. The molecule has 3 heteroatoms. The average Bonchev–Trinajstić information content (AvgIpc) is 2.15. The highest BCUT2D eigenvalue weighted by atomic mass is 79.9. The van der Waals surface area contributed by atoms with E-state index >= 15 is 0 Å². The second-order valence-electron chi connectivity index (χ2n) is 2.25. The van der Waals surface area contributed by atoms with Crippen LogP contribution >= 0.6 is 27.5 Å². The van der Waals surface area contributed by atoms with E-state index in [4.69, 9.17) is 11.6 Å². The van der Waals surface area contributed by atoms with E-state index in [-0.39, 0.29) is 0 Å².